The van der Waals surface area contributed by atoms with Crippen LogP contribution in [0.25, 0.3) is 10.9 Å². The van der Waals surface area contributed by atoms with E-state index in [1.165, 1.54) is 30.3 Å². The topological polar surface area (TPSA) is 40.7 Å². The van der Waals surface area contributed by atoms with Gasteiger partial charge in [-0.25, -0.2) is 0 Å². The summed E-state index contributed by atoms with van der Waals surface area (Å²) in [6, 6.07) is 6.87. The molecule has 1 aromatic carbocycles. The lowest BCUT2D eigenvalue weighted by Crippen LogP contribution is -2.40. The average molecular weight is 271 g/mol. The maximum Gasteiger partial charge on any atom is 0.0881 e. The molecular weight excluding hydrogens is 246 g/mol. The minimum Gasteiger partial charge on any atom is -0.381 e. The van der Waals surface area contributed by atoms with Gasteiger partial charge in [0.05, 0.1) is 17.4 Å². The molecule has 0 bridgehead atoms. The first-order valence-electron chi connectivity index (χ1n) is 7.53. The molecular formula is C17H25N3. The third kappa shape index (κ3) is 2.67. The molecule has 0 atom stereocenters. The normalized spacial score (nSPS) is 22.0. The van der Waals surface area contributed by atoms with Crippen molar-refractivity contribution in [1.82, 2.24) is 10.2 Å². The van der Waals surface area contributed by atoms with Crippen molar-refractivity contribution in [2.75, 3.05) is 5.32 Å². The Kier molecular flexibility index (Phi) is 3.03. The van der Waals surface area contributed by atoms with Gasteiger partial charge in [0.25, 0.3) is 0 Å². The van der Waals surface area contributed by atoms with Crippen molar-refractivity contribution < 1.29 is 0 Å². The molecule has 0 amide bonds. The second kappa shape index (κ2) is 4.51. The first kappa shape index (κ1) is 13.5. The first-order valence-corrected chi connectivity index (χ1v) is 7.53. The summed E-state index contributed by atoms with van der Waals surface area (Å²) in [6.45, 7) is 9.55. The highest BCUT2D eigenvalue weighted by molar-refractivity contribution is 5.90. The van der Waals surface area contributed by atoms with E-state index in [0.717, 1.165) is 5.52 Å². The van der Waals surface area contributed by atoms with Gasteiger partial charge in [0, 0.05) is 11.4 Å². The molecule has 0 saturated heterocycles. The lowest BCUT2D eigenvalue weighted by Gasteiger charge is -2.45. The van der Waals surface area contributed by atoms with Gasteiger partial charge in [-0.3, -0.25) is 5.10 Å². The highest BCUT2D eigenvalue weighted by Crippen LogP contribution is 2.46. The summed E-state index contributed by atoms with van der Waals surface area (Å²) in [7, 11) is 0. The zero-order chi connectivity index (χ0) is 14.4. The Morgan fingerprint density at radius 1 is 1.15 bits per heavy atom. The van der Waals surface area contributed by atoms with Crippen LogP contribution >= 0.6 is 0 Å². The fourth-order valence-electron chi connectivity index (χ4n) is 4.26. The zero-order valence-electron chi connectivity index (χ0n) is 13.0. The van der Waals surface area contributed by atoms with Crippen LogP contribution in [0.4, 0.5) is 5.69 Å². The van der Waals surface area contributed by atoms with Crippen LogP contribution in [0, 0.1) is 10.8 Å². The second-order valence-electron chi connectivity index (χ2n) is 7.89. The summed E-state index contributed by atoms with van der Waals surface area (Å²) in [5, 5.41) is 12.2. The van der Waals surface area contributed by atoms with Gasteiger partial charge in [-0.1, -0.05) is 39.8 Å². The SMILES string of the molecule is CC1(C)CC(Nc2cccc3cn[nH]c23)CC(C)(C)C1. The van der Waals surface area contributed by atoms with Crippen molar-refractivity contribution in [2.45, 2.75) is 53.0 Å². The van der Waals surface area contributed by atoms with Crippen LogP contribution in [0.5, 0.6) is 0 Å². The number of nitrogens with one attached hydrogen (secondary N) is 2. The molecule has 108 valence electrons. The largest absolute Gasteiger partial charge is 0.381 e. The molecule has 1 aliphatic rings. The van der Waals surface area contributed by atoms with Crippen LogP contribution in [0.3, 0.4) is 0 Å². The minimum absolute atomic E-state index is 0.404. The van der Waals surface area contributed by atoms with Crippen molar-refractivity contribution in [3.63, 3.8) is 0 Å². The van der Waals surface area contributed by atoms with E-state index < -0.39 is 0 Å². The summed E-state index contributed by atoms with van der Waals surface area (Å²) < 4.78 is 0. The maximum absolute atomic E-state index is 4.15. The van der Waals surface area contributed by atoms with E-state index >= 15 is 0 Å². The standard InChI is InChI=1S/C17H25N3/c1-16(2)8-13(9-17(3,4)11-16)19-14-7-5-6-12-10-18-20-15(12)14/h5-7,10,13,19H,8-9,11H2,1-4H3,(H,18,20). The maximum atomic E-state index is 4.15. The number of nitrogens with zero attached hydrogens (tertiary/aromatic N) is 1. The Bertz CT molecular complexity index is 593. The Hall–Kier alpha value is -1.51. The highest BCUT2D eigenvalue weighted by atomic mass is 15.1. The number of H-pyrrole nitrogens is 1. The number of hydrogen-bond donors (Lipinski definition) is 2. The van der Waals surface area contributed by atoms with Gasteiger partial charge >= 0.3 is 0 Å². The first-order chi connectivity index (χ1) is 9.35. The van der Waals surface area contributed by atoms with Crippen molar-refractivity contribution >= 4 is 16.6 Å². The van der Waals surface area contributed by atoms with Crippen molar-refractivity contribution in [2.24, 2.45) is 10.8 Å². The van der Waals surface area contributed by atoms with E-state index in [0.29, 0.717) is 16.9 Å². The molecule has 1 aromatic heterocycles. The number of aromatic nitrogens is 2. The number of hydrogen-bond acceptors (Lipinski definition) is 2. The summed E-state index contributed by atoms with van der Waals surface area (Å²) in [5.74, 6) is 0. The molecule has 2 N–H and O–H groups in total. The predicted molar refractivity (Wildman–Crippen MR) is 84.9 cm³/mol. The molecule has 0 spiro atoms. The number of benzene rings is 1. The van der Waals surface area contributed by atoms with E-state index in [9.17, 15) is 0 Å². The molecule has 3 nitrogen and oxygen atoms in total. The van der Waals surface area contributed by atoms with Gasteiger partial charge < -0.3 is 5.32 Å². The van der Waals surface area contributed by atoms with E-state index in [1.54, 1.807) is 0 Å². The molecule has 1 heterocycles. The van der Waals surface area contributed by atoms with Gasteiger partial charge in [0.2, 0.25) is 0 Å². The number of aromatic amines is 1. The lowest BCUT2D eigenvalue weighted by molar-refractivity contribution is 0.105. The average Bonchev–Trinajstić information content (AvgIpc) is 2.73. The summed E-state index contributed by atoms with van der Waals surface area (Å²) in [5.41, 5.74) is 3.11. The molecule has 3 rings (SSSR count). The molecule has 2 aromatic rings. The summed E-state index contributed by atoms with van der Waals surface area (Å²) in [6.07, 6.45) is 5.63. The Morgan fingerprint density at radius 3 is 2.55 bits per heavy atom. The van der Waals surface area contributed by atoms with Crippen molar-refractivity contribution in [3.8, 4) is 0 Å². The monoisotopic (exact) mass is 271 g/mol. The Morgan fingerprint density at radius 2 is 1.85 bits per heavy atom. The Labute approximate surface area is 121 Å². The van der Waals surface area contributed by atoms with Gasteiger partial charge in [-0.15, -0.1) is 0 Å². The zero-order valence-corrected chi connectivity index (χ0v) is 13.0. The Balaban J connectivity index is 1.85. The van der Waals surface area contributed by atoms with Gasteiger partial charge in [-0.2, -0.15) is 5.10 Å². The van der Waals surface area contributed by atoms with Crippen LogP contribution < -0.4 is 5.32 Å². The molecule has 0 radical (unpaired) electrons. The van der Waals surface area contributed by atoms with Gasteiger partial charge in [-0.05, 0) is 36.2 Å². The predicted octanol–water partition coefficient (Wildman–Crippen LogP) is 4.58. The smallest absolute Gasteiger partial charge is 0.0881 e. The quantitative estimate of drug-likeness (QED) is 0.839. The molecule has 0 unspecified atom stereocenters. The minimum atomic E-state index is 0.404. The molecule has 3 heteroatoms. The summed E-state index contributed by atoms with van der Waals surface area (Å²) >= 11 is 0. The molecule has 1 fully saturated rings. The van der Waals surface area contributed by atoms with Crippen LogP contribution in [-0.2, 0) is 0 Å². The molecule has 1 aliphatic carbocycles. The fraction of sp³-hybridized carbons (Fsp3) is 0.588. The number of fused-ring (bicyclic) bond motifs is 1. The fourth-order valence-corrected chi connectivity index (χ4v) is 4.26. The molecule has 1 saturated carbocycles. The number of para-hydroxylation sites is 1. The van der Waals surface area contributed by atoms with Crippen molar-refractivity contribution in [1.29, 1.82) is 0 Å². The number of anilines is 1. The molecule has 0 aliphatic heterocycles. The van der Waals surface area contributed by atoms with E-state index in [2.05, 4.69) is 61.4 Å². The van der Waals surface area contributed by atoms with Gasteiger partial charge in [0.15, 0.2) is 0 Å². The second-order valence-corrected chi connectivity index (χ2v) is 7.89. The van der Waals surface area contributed by atoms with Crippen LogP contribution in [0.1, 0.15) is 47.0 Å². The van der Waals surface area contributed by atoms with E-state index in [-0.39, 0.29) is 0 Å². The third-order valence-corrected chi connectivity index (χ3v) is 4.39. The van der Waals surface area contributed by atoms with Crippen molar-refractivity contribution in [3.05, 3.63) is 24.4 Å². The van der Waals surface area contributed by atoms with Crippen LogP contribution in [0.2, 0.25) is 0 Å². The van der Waals surface area contributed by atoms with Crippen LogP contribution in [-0.4, -0.2) is 16.2 Å². The molecule has 20 heavy (non-hydrogen) atoms. The summed E-state index contributed by atoms with van der Waals surface area (Å²) in [4.78, 5) is 0. The van der Waals surface area contributed by atoms with Gasteiger partial charge in [0.1, 0.15) is 0 Å². The highest BCUT2D eigenvalue weighted by Gasteiger charge is 2.38. The van der Waals surface area contributed by atoms with E-state index in [4.69, 9.17) is 0 Å². The van der Waals surface area contributed by atoms with E-state index in [1.807, 2.05) is 6.20 Å². The van der Waals surface area contributed by atoms with Crippen LogP contribution in [0.15, 0.2) is 24.4 Å². The third-order valence-electron chi connectivity index (χ3n) is 4.39. The lowest BCUT2D eigenvalue weighted by atomic mass is 9.63. The number of rotatable bonds is 2.